The van der Waals surface area contributed by atoms with Crippen LogP contribution >= 0.6 is 0 Å². The molecule has 0 radical (unpaired) electrons. The number of benzene rings is 2. The monoisotopic (exact) mass is 512 g/mol. The fourth-order valence-corrected chi connectivity index (χ4v) is 8.34. The van der Waals surface area contributed by atoms with Gasteiger partial charge in [0.05, 0.1) is 0 Å². The Morgan fingerprint density at radius 1 is 0.739 bits per heavy atom. The molecular formula is C12H9KO6S2Se2. The molecule has 2 aromatic carbocycles. The largest absolute Gasteiger partial charge is 1.00 e. The Kier molecular flexibility index (Phi) is 8.64. The van der Waals surface area contributed by atoms with Crippen LogP contribution in [0.1, 0.15) is 0 Å². The predicted octanol–water partition coefficient (Wildman–Crippen LogP) is -3.88. The first-order valence-corrected chi connectivity index (χ1v) is 14.5. The molecule has 0 amide bonds. The third-order valence-corrected chi connectivity index (χ3v) is 11.4. The molecule has 0 atom stereocenters. The van der Waals surface area contributed by atoms with Crippen molar-refractivity contribution in [2.45, 2.75) is 9.79 Å². The van der Waals surface area contributed by atoms with E-state index >= 15 is 0 Å². The van der Waals surface area contributed by atoms with Gasteiger partial charge in [-0.1, -0.05) is 0 Å². The topological polar surface area (TPSA) is 112 Å². The Balaban J connectivity index is 0.00000264. The van der Waals surface area contributed by atoms with Gasteiger partial charge in [-0.3, -0.25) is 0 Å². The first-order valence-electron chi connectivity index (χ1n) is 5.64. The van der Waals surface area contributed by atoms with Crippen molar-refractivity contribution in [2.75, 3.05) is 0 Å². The van der Waals surface area contributed by atoms with Gasteiger partial charge in [-0.15, -0.1) is 0 Å². The minimum atomic E-state index is -4.42. The van der Waals surface area contributed by atoms with Gasteiger partial charge in [0.2, 0.25) is 0 Å². The number of hydrogen-bond acceptors (Lipinski definition) is 5. The van der Waals surface area contributed by atoms with E-state index in [1.165, 1.54) is 24.3 Å². The molecule has 118 valence electrons. The smallest absolute Gasteiger partial charge is 1.00 e. The van der Waals surface area contributed by atoms with E-state index in [1.807, 2.05) is 0 Å². The van der Waals surface area contributed by atoms with Crippen molar-refractivity contribution in [2.24, 2.45) is 0 Å². The van der Waals surface area contributed by atoms with Crippen LogP contribution in [0.15, 0.2) is 58.3 Å². The Bertz CT molecular complexity index is 789. The molecule has 0 spiro atoms. The van der Waals surface area contributed by atoms with Gasteiger partial charge < -0.3 is 0 Å². The van der Waals surface area contributed by atoms with Crippen molar-refractivity contribution < 1.29 is 77.3 Å². The van der Waals surface area contributed by atoms with E-state index in [2.05, 4.69) is 0 Å². The molecule has 0 saturated carbocycles. The van der Waals surface area contributed by atoms with E-state index in [-0.39, 0.29) is 87.4 Å². The van der Waals surface area contributed by atoms with Crippen LogP contribution in [0.3, 0.4) is 0 Å². The fourth-order valence-electron chi connectivity index (χ4n) is 1.43. The van der Waals surface area contributed by atoms with Crippen molar-refractivity contribution in [1.29, 1.82) is 0 Å². The zero-order chi connectivity index (χ0) is 16.4. The molecule has 0 bridgehead atoms. The van der Waals surface area contributed by atoms with Crippen LogP contribution in [0, 0.1) is 0 Å². The normalized spacial score (nSPS) is 11.7. The minimum absolute atomic E-state index is 0. The second kappa shape index (κ2) is 9.04. The second-order valence-corrected chi connectivity index (χ2v) is 13.2. The SMILES string of the molecule is O=S(=O)([O-])c1ccc([Se][Se]c2ccc(S(=O)(=O)O)cc2)cc1.[K+]. The van der Waals surface area contributed by atoms with E-state index in [0.717, 1.165) is 8.92 Å². The molecule has 1 N–H and O–H groups in total. The number of rotatable bonds is 5. The number of hydrogen-bond donors (Lipinski definition) is 1. The average molecular weight is 510 g/mol. The van der Waals surface area contributed by atoms with Crippen LogP contribution in [-0.4, -0.2) is 52.2 Å². The molecule has 23 heavy (non-hydrogen) atoms. The summed E-state index contributed by atoms with van der Waals surface area (Å²) < 4.78 is 65.1. The zero-order valence-electron chi connectivity index (χ0n) is 11.7. The summed E-state index contributed by atoms with van der Waals surface area (Å²) in [6.07, 6.45) is 0. The minimum Gasteiger partial charge on any atom is 1.00 e. The van der Waals surface area contributed by atoms with Gasteiger partial charge in [-0.2, -0.15) is 0 Å². The van der Waals surface area contributed by atoms with E-state index in [9.17, 15) is 21.4 Å². The molecule has 0 fully saturated rings. The van der Waals surface area contributed by atoms with Crippen molar-refractivity contribution in [3.8, 4) is 0 Å². The first kappa shape index (κ1) is 22.0. The van der Waals surface area contributed by atoms with Crippen LogP contribution < -0.4 is 60.3 Å². The summed E-state index contributed by atoms with van der Waals surface area (Å²) >= 11 is 0.139. The van der Waals surface area contributed by atoms with E-state index in [1.54, 1.807) is 24.3 Å². The van der Waals surface area contributed by atoms with Gasteiger partial charge in [0.25, 0.3) is 0 Å². The van der Waals surface area contributed by atoms with Crippen LogP contribution in [0.5, 0.6) is 0 Å². The molecule has 0 aliphatic rings. The van der Waals surface area contributed by atoms with Crippen molar-refractivity contribution in [3.63, 3.8) is 0 Å². The molecule has 2 rings (SSSR count). The molecule has 0 aliphatic carbocycles. The zero-order valence-corrected chi connectivity index (χ0v) is 19.9. The van der Waals surface area contributed by atoms with Gasteiger partial charge in [-0.05, 0) is 0 Å². The Morgan fingerprint density at radius 2 is 1.09 bits per heavy atom. The molecule has 0 unspecified atom stereocenters. The Labute approximate surface area is 188 Å². The average Bonchev–Trinajstić information content (AvgIpc) is 2.44. The third kappa shape index (κ3) is 6.99. The van der Waals surface area contributed by atoms with Gasteiger partial charge >= 0.3 is 191 Å². The quantitative estimate of drug-likeness (QED) is 0.326. The predicted molar refractivity (Wildman–Crippen MR) is 81.4 cm³/mol. The second-order valence-electron chi connectivity index (χ2n) is 4.04. The van der Waals surface area contributed by atoms with Gasteiger partial charge in [0.15, 0.2) is 0 Å². The summed E-state index contributed by atoms with van der Waals surface area (Å²) in [5.74, 6) is 0. The van der Waals surface area contributed by atoms with Crippen LogP contribution in [0.2, 0.25) is 0 Å². The summed E-state index contributed by atoms with van der Waals surface area (Å²) in [6.45, 7) is 0. The van der Waals surface area contributed by atoms with Gasteiger partial charge in [0, 0.05) is 0 Å². The Morgan fingerprint density at radius 3 is 1.39 bits per heavy atom. The summed E-state index contributed by atoms with van der Waals surface area (Å²) in [5, 5.41) is 0. The van der Waals surface area contributed by atoms with Crippen LogP contribution in [0.4, 0.5) is 0 Å². The van der Waals surface area contributed by atoms with Crippen LogP contribution in [0.25, 0.3) is 0 Å². The molecule has 11 heteroatoms. The first-order chi connectivity index (χ1) is 10.2. The molecule has 0 saturated heterocycles. The van der Waals surface area contributed by atoms with Gasteiger partial charge in [0.1, 0.15) is 0 Å². The van der Waals surface area contributed by atoms with E-state index in [0.29, 0.717) is 0 Å². The van der Waals surface area contributed by atoms with E-state index in [4.69, 9.17) is 4.55 Å². The molecule has 0 heterocycles. The van der Waals surface area contributed by atoms with Crippen molar-refractivity contribution >= 4 is 55.4 Å². The van der Waals surface area contributed by atoms with Crippen LogP contribution in [-0.2, 0) is 20.2 Å². The maximum absolute atomic E-state index is 10.9. The molecule has 0 aromatic heterocycles. The third-order valence-electron chi connectivity index (χ3n) is 2.47. The van der Waals surface area contributed by atoms with Crippen molar-refractivity contribution in [1.82, 2.24) is 0 Å². The maximum atomic E-state index is 10.9. The standard InChI is InChI=1S/C12H10O6S2Se2.K/c13-19(14,15)9-1-5-11(6-2-9)21-22-12-7-3-10(4-8-12)20(16,17)18;/h1-8H,(H,13,14,15)(H,16,17,18);/q;+1/p-1. The fraction of sp³-hybridized carbons (Fsp3) is 0. The molecular weight excluding hydrogens is 501 g/mol. The Hall–Kier alpha value is 0.935. The summed E-state index contributed by atoms with van der Waals surface area (Å²) in [4.78, 5) is -0.401. The summed E-state index contributed by atoms with van der Waals surface area (Å²) in [5.41, 5.74) is 0. The maximum Gasteiger partial charge on any atom is 1.00 e. The molecule has 2 aromatic rings. The van der Waals surface area contributed by atoms with Crippen molar-refractivity contribution in [3.05, 3.63) is 48.5 Å². The molecule has 6 nitrogen and oxygen atoms in total. The van der Waals surface area contributed by atoms with E-state index < -0.39 is 20.2 Å². The molecule has 0 aliphatic heterocycles. The van der Waals surface area contributed by atoms with Gasteiger partial charge in [-0.25, -0.2) is 0 Å². The summed E-state index contributed by atoms with van der Waals surface area (Å²) in [7, 11) is -8.60. The summed E-state index contributed by atoms with van der Waals surface area (Å²) in [6, 6.07) is 11.8.